The molecule has 0 N–H and O–H groups in total. The van der Waals surface area contributed by atoms with Crippen LogP contribution in [-0.2, 0) is 16.1 Å². The lowest BCUT2D eigenvalue weighted by molar-refractivity contribution is -0.134. The Morgan fingerprint density at radius 2 is 2.14 bits per heavy atom. The molecule has 74 valence electrons. The van der Waals surface area contributed by atoms with Crippen molar-refractivity contribution in [1.29, 1.82) is 0 Å². The van der Waals surface area contributed by atoms with E-state index in [2.05, 4.69) is 4.99 Å². The number of hydrogen-bond acceptors (Lipinski definition) is 3. The summed E-state index contributed by atoms with van der Waals surface area (Å²) in [7, 11) is 0. The van der Waals surface area contributed by atoms with Gasteiger partial charge in [0.05, 0.1) is 13.2 Å². The first-order chi connectivity index (χ1) is 6.83. The molecule has 0 heterocycles. The van der Waals surface area contributed by atoms with Crippen LogP contribution < -0.4 is 0 Å². The number of rotatable bonds is 4. The quantitative estimate of drug-likeness (QED) is 0.538. The minimum atomic E-state index is -0.386. The molecule has 3 nitrogen and oxygen atoms in total. The van der Waals surface area contributed by atoms with Crippen molar-refractivity contribution in [1.82, 2.24) is 0 Å². The summed E-state index contributed by atoms with van der Waals surface area (Å²) < 4.78 is 4.69. The fourth-order valence-corrected chi connectivity index (χ4v) is 0.989. The monoisotopic (exact) mass is 191 g/mol. The summed E-state index contributed by atoms with van der Waals surface area (Å²) in [5.74, 6) is -0.386. The van der Waals surface area contributed by atoms with Gasteiger partial charge in [0, 0.05) is 0 Å². The highest BCUT2D eigenvalue weighted by Crippen LogP contribution is 1.99. The molecule has 0 fully saturated rings. The van der Waals surface area contributed by atoms with Crippen LogP contribution in [0.2, 0.25) is 0 Å². The summed E-state index contributed by atoms with van der Waals surface area (Å²) in [6, 6.07) is 9.74. The number of esters is 1. The molecule has 0 aliphatic carbocycles. The van der Waals surface area contributed by atoms with Gasteiger partial charge in [0.2, 0.25) is 0 Å². The third-order valence-electron chi connectivity index (χ3n) is 1.60. The van der Waals surface area contributed by atoms with Gasteiger partial charge >= 0.3 is 5.97 Å². The fourth-order valence-electron chi connectivity index (χ4n) is 0.989. The molecular weight excluding hydrogens is 178 g/mol. The Balaban J connectivity index is 2.37. The third kappa shape index (κ3) is 3.85. The van der Waals surface area contributed by atoms with Crippen LogP contribution in [0.4, 0.5) is 0 Å². The molecule has 0 amide bonds. The standard InChI is InChI=1S/C11H13NO2/c1-2-14-11(13)9-12-8-10-6-4-3-5-7-10/h3-7,9H,2,8H2,1H3/b12-9-. The number of carbonyl (C=O) groups excluding carboxylic acids is 1. The van der Waals surface area contributed by atoms with Crippen LogP contribution >= 0.6 is 0 Å². The molecule has 1 rings (SSSR count). The molecule has 14 heavy (non-hydrogen) atoms. The van der Waals surface area contributed by atoms with E-state index in [1.54, 1.807) is 6.92 Å². The van der Waals surface area contributed by atoms with Gasteiger partial charge in [-0.1, -0.05) is 30.3 Å². The van der Waals surface area contributed by atoms with Crippen molar-refractivity contribution in [3.63, 3.8) is 0 Å². The lowest BCUT2D eigenvalue weighted by Gasteiger charge is -1.95. The second kappa shape index (κ2) is 5.91. The Labute approximate surface area is 83.4 Å². The largest absolute Gasteiger partial charge is 0.462 e. The topological polar surface area (TPSA) is 38.7 Å². The van der Waals surface area contributed by atoms with E-state index >= 15 is 0 Å². The van der Waals surface area contributed by atoms with E-state index in [9.17, 15) is 4.79 Å². The lowest BCUT2D eigenvalue weighted by atomic mass is 10.2. The zero-order valence-electron chi connectivity index (χ0n) is 8.14. The molecule has 3 heteroatoms. The van der Waals surface area contributed by atoms with E-state index in [0.717, 1.165) is 5.56 Å². The Kier molecular flexibility index (Phi) is 4.41. The van der Waals surface area contributed by atoms with Gasteiger partial charge < -0.3 is 4.74 Å². The number of ether oxygens (including phenoxy) is 1. The number of nitrogens with zero attached hydrogens (tertiary/aromatic N) is 1. The van der Waals surface area contributed by atoms with Crippen LogP contribution in [0.1, 0.15) is 12.5 Å². The Bertz CT molecular complexity index is 306. The van der Waals surface area contributed by atoms with Gasteiger partial charge in [0.15, 0.2) is 0 Å². The average molecular weight is 191 g/mol. The molecule has 0 atom stereocenters. The minimum absolute atomic E-state index is 0.385. The van der Waals surface area contributed by atoms with Gasteiger partial charge in [-0.05, 0) is 12.5 Å². The van der Waals surface area contributed by atoms with Crippen LogP contribution in [0.25, 0.3) is 0 Å². The highest BCUT2D eigenvalue weighted by Gasteiger charge is 1.93. The average Bonchev–Trinajstić information content (AvgIpc) is 2.20. The molecule has 1 aromatic rings. The first-order valence-corrected chi connectivity index (χ1v) is 4.53. The molecule has 0 unspecified atom stereocenters. The van der Waals surface area contributed by atoms with Gasteiger partial charge in [-0.2, -0.15) is 0 Å². The summed E-state index contributed by atoms with van der Waals surface area (Å²) in [6.45, 7) is 2.67. The van der Waals surface area contributed by atoms with E-state index in [1.807, 2.05) is 30.3 Å². The normalized spacial score (nSPS) is 10.4. The Hall–Kier alpha value is -1.64. The van der Waals surface area contributed by atoms with Crippen LogP contribution in [0, 0.1) is 0 Å². The van der Waals surface area contributed by atoms with E-state index in [1.165, 1.54) is 6.21 Å². The third-order valence-corrected chi connectivity index (χ3v) is 1.60. The minimum Gasteiger partial charge on any atom is -0.462 e. The summed E-state index contributed by atoms with van der Waals surface area (Å²) in [5, 5.41) is 0. The number of carbonyl (C=O) groups is 1. The van der Waals surface area contributed by atoms with Crippen molar-refractivity contribution in [2.45, 2.75) is 13.5 Å². The van der Waals surface area contributed by atoms with Gasteiger partial charge in [0.1, 0.15) is 6.21 Å². The van der Waals surface area contributed by atoms with Gasteiger partial charge in [-0.3, -0.25) is 4.99 Å². The lowest BCUT2D eigenvalue weighted by Crippen LogP contribution is -2.04. The second-order valence-electron chi connectivity index (χ2n) is 2.71. The van der Waals surface area contributed by atoms with Crippen LogP contribution in [0.3, 0.4) is 0 Å². The summed E-state index contributed by atoms with van der Waals surface area (Å²) >= 11 is 0. The van der Waals surface area contributed by atoms with E-state index in [-0.39, 0.29) is 5.97 Å². The molecular formula is C11H13NO2. The number of benzene rings is 1. The van der Waals surface area contributed by atoms with Gasteiger partial charge in [-0.25, -0.2) is 4.79 Å². The molecule has 0 aromatic heterocycles. The maximum Gasteiger partial charge on any atom is 0.348 e. The van der Waals surface area contributed by atoms with Gasteiger partial charge in [-0.15, -0.1) is 0 Å². The molecule has 0 aliphatic heterocycles. The van der Waals surface area contributed by atoms with Crippen LogP contribution in [-0.4, -0.2) is 18.8 Å². The molecule has 0 saturated carbocycles. The predicted octanol–water partition coefficient (Wildman–Crippen LogP) is 1.82. The molecule has 0 bridgehead atoms. The summed E-state index contributed by atoms with van der Waals surface area (Å²) in [5.41, 5.74) is 1.08. The fraction of sp³-hybridized carbons (Fsp3) is 0.273. The van der Waals surface area contributed by atoms with Crippen LogP contribution in [0.15, 0.2) is 35.3 Å². The van der Waals surface area contributed by atoms with Crippen molar-refractivity contribution in [3.05, 3.63) is 35.9 Å². The van der Waals surface area contributed by atoms with Crippen molar-refractivity contribution in [2.75, 3.05) is 6.61 Å². The summed E-state index contributed by atoms with van der Waals surface area (Å²) in [6.07, 6.45) is 1.22. The molecule has 0 saturated heterocycles. The summed E-state index contributed by atoms with van der Waals surface area (Å²) in [4.78, 5) is 14.8. The predicted molar refractivity (Wildman–Crippen MR) is 55.3 cm³/mol. The zero-order valence-corrected chi connectivity index (χ0v) is 8.14. The van der Waals surface area contributed by atoms with Crippen molar-refractivity contribution in [2.24, 2.45) is 4.99 Å². The maximum atomic E-state index is 10.9. The Morgan fingerprint density at radius 3 is 2.79 bits per heavy atom. The number of aliphatic imine (C=N–C) groups is 1. The molecule has 0 aliphatic rings. The van der Waals surface area contributed by atoms with E-state index in [4.69, 9.17) is 4.74 Å². The zero-order chi connectivity index (χ0) is 10.2. The van der Waals surface area contributed by atoms with Crippen molar-refractivity contribution < 1.29 is 9.53 Å². The first kappa shape index (κ1) is 10.4. The Morgan fingerprint density at radius 1 is 1.43 bits per heavy atom. The second-order valence-corrected chi connectivity index (χ2v) is 2.71. The van der Waals surface area contributed by atoms with Crippen molar-refractivity contribution >= 4 is 12.2 Å². The number of hydrogen-bond donors (Lipinski definition) is 0. The van der Waals surface area contributed by atoms with Crippen LogP contribution in [0.5, 0.6) is 0 Å². The van der Waals surface area contributed by atoms with E-state index in [0.29, 0.717) is 13.2 Å². The highest BCUT2D eigenvalue weighted by molar-refractivity contribution is 6.23. The van der Waals surface area contributed by atoms with Crippen molar-refractivity contribution in [3.8, 4) is 0 Å². The van der Waals surface area contributed by atoms with Gasteiger partial charge in [0.25, 0.3) is 0 Å². The molecule has 0 spiro atoms. The SMILES string of the molecule is CCOC(=O)/C=N\Cc1ccccc1. The smallest absolute Gasteiger partial charge is 0.348 e. The first-order valence-electron chi connectivity index (χ1n) is 4.53. The molecule has 1 aromatic carbocycles. The highest BCUT2D eigenvalue weighted by atomic mass is 16.5. The van der Waals surface area contributed by atoms with E-state index < -0.39 is 0 Å². The maximum absolute atomic E-state index is 10.9. The molecule has 0 radical (unpaired) electrons.